The van der Waals surface area contributed by atoms with Crippen LogP contribution in [0.4, 0.5) is 5.69 Å². The zero-order valence-electron chi connectivity index (χ0n) is 10.0. The van der Waals surface area contributed by atoms with Crippen molar-refractivity contribution < 1.29 is 9.90 Å². The van der Waals surface area contributed by atoms with E-state index in [1.165, 1.54) is 5.56 Å². The van der Waals surface area contributed by atoms with Crippen LogP contribution >= 0.6 is 0 Å². The van der Waals surface area contributed by atoms with Crippen LogP contribution in [0.3, 0.4) is 0 Å². The number of nitrogens with zero attached hydrogens (tertiary/aromatic N) is 1. The normalized spacial score (nSPS) is 16.9. The van der Waals surface area contributed by atoms with Gasteiger partial charge in [-0.1, -0.05) is 12.1 Å². The molecular formula is C13H18N2O2. The van der Waals surface area contributed by atoms with Crippen molar-refractivity contribution in [2.45, 2.75) is 25.3 Å². The van der Waals surface area contributed by atoms with E-state index in [4.69, 9.17) is 10.8 Å². The van der Waals surface area contributed by atoms with Gasteiger partial charge in [-0.15, -0.1) is 0 Å². The highest BCUT2D eigenvalue weighted by atomic mass is 16.3. The van der Waals surface area contributed by atoms with Gasteiger partial charge in [-0.05, 0) is 30.0 Å². The molecule has 0 aliphatic carbocycles. The number of anilines is 1. The highest BCUT2D eigenvalue weighted by molar-refractivity contribution is 5.95. The van der Waals surface area contributed by atoms with E-state index in [0.717, 1.165) is 17.7 Å². The van der Waals surface area contributed by atoms with Crippen LogP contribution < -0.4 is 10.6 Å². The summed E-state index contributed by atoms with van der Waals surface area (Å²) in [5.41, 5.74) is 9.01. The van der Waals surface area contributed by atoms with Crippen LogP contribution in [0.15, 0.2) is 18.2 Å². The summed E-state index contributed by atoms with van der Waals surface area (Å²) in [4.78, 5) is 13.2. The molecule has 1 aliphatic heterocycles. The van der Waals surface area contributed by atoms with Crippen LogP contribution in [0.25, 0.3) is 0 Å². The van der Waals surface area contributed by atoms with E-state index < -0.39 is 0 Å². The van der Waals surface area contributed by atoms with E-state index >= 15 is 0 Å². The number of fused-ring (bicyclic) bond motifs is 1. The molecule has 1 amide bonds. The second-order valence-electron chi connectivity index (χ2n) is 4.56. The van der Waals surface area contributed by atoms with Gasteiger partial charge < -0.3 is 15.7 Å². The van der Waals surface area contributed by atoms with Gasteiger partial charge in [-0.25, -0.2) is 0 Å². The minimum absolute atomic E-state index is 0.00449. The average Bonchev–Trinajstić information content (AvgIpc) is 2.34. The van der Waals surface area contributed by atoms with E-state index in [2.05, 4.69) is 6.07 Å². The van der Waals surface area contributed by atoms with Crippen molar-refractivity contribution in [3.8, 4) is 0 Å². The van der Waals surface area contributed by atoms with Crippen LogP contribution in [0.2, 0.25) is 0 Å². The smallest absolute Gasteiger partial charge is 0.227 e. The van der Waals surface area contributed by atoms with Crippen molar-refractivity contribution in [3.63, 3.8) is 0 Å². The van der Waals surface area contributed by atoms with E-state index in [1.807, 2.05) is 12.1 Å². The Labute approximate surface area is 101 Å². The lowest BCUT2D eigenvalue weighted by atomic mass is 9.97. The SMILES string of the molecule is CN1C(=O)CCc2cc(CC(N)CO)ccc21. The first-order valence-electron chi connectivity index (χ1n) is 5.86. The van der Waals surface area contributed by atoms with Gasteiger partial charge in [0.05, 0.1) is 6.61 Å². The largest absolute Gasteiger partial charge is 0.395 e. The van der Waals surface area contributed by atoms with Gasteiger partial charge in [-0.3, -0.25) is 4.79 Å². The number of aryl methyl sites for hydroxylation is 1. The quantitative estimate of drug-likeness (QED) is 0.798. The summed E-state index contributed by atoms with van der Waals surface area (Å²) in [6, 6.07) is 5.82. The second-order valence-corrected chi connectivity index (χ2v) is 4.56. The lowest BCUT2D eigenvalue weighted by Crippen LogP contribution is -2.31. The molecule has 92 valence electrons. The number of aliphatic hydroxyl groups excluding tert-OH is 1. The Bertz CT molecular complexity index is 431. The van der Waals surface area contributed by atoms with Crippen molar-refractivity contribution in [3.05, 3.63) is 29.3 Å². The molecule has 0 fully saturated rings. The van der Waals surface area contributed by atoms with Gasteiger partial charge >= 0.3 is 0 Å². The predicted octanol–water partition coefficient (Wildman–Crippen LogP) is 0.458. The van der Waals surface area contributed by atoms with Gasteiger partial charge in [0.1, 0.15) is 0 Å². The summed E-state index contributed by atoms with van der Waals surface area (Å²) < 4.78 is 0. The molecule has 0 radical (unpaired) electrons. The minimum atomic E-state index is -0.212. The summed E-state index contributed by atoms with van der Waals surface area (Å²) in [6.45, 7) is -0.00449. The Kier molecular flexibility index (Phi) is 3.45. The first-order chi connectivity index (χ1) is 8.11. The Morgan fingerprint density at radius 1 is 1.47 bits per heavy atom. The summed E-state index contributed by atoms with van der Waals surface area (Å²) in [6.07, 6.45) is 2.03. The van der Waals surface area contributed by atoms with Crippen LogP contribution in [0, 0.1) is 0 Å². The van der Waals surface area contributed by atoms with E-state index in [-0.39, 0.29) is 18.6 Å². The molecule has 0 aromatic heterocycles. The fourth-order valence-electron chi connectivity index (χ4n) is 2.20. The lowest BCUT2D eigenvalue weighted by Gasteiger charge is -2.26. The molecule has 0 bridgehead atoms. The molecule has 1 atom stereocenters. The Morgan fingerprint density at radius 2 is 2.24 bits per heavy atom. The molecule has 1 heterocycles. The molecule has 1 aromatic carbocycles. The van der Waals surface area contributed by atoms with Crippen LogP contribution in [-0.2, 0) is 17.6 Å². The number of amides is 1. The highest BCUT2D eigenvalue weighted by Crippen LogP contribution is 2.27. The van der Waals surface area contributed by atoms with Crippen LogP contribution in [-0.4, -0.2) is 30.7 Å². The summed E-state index contributed by atoms with van der Waals surface area (Å²) in [5.74, 6) is 0.164. The van der Waals surface area contributed by atoms with E-state index in [0.29, 0.717) is 12.8 Å². The zero-order chi connectivity index (χ0) is 12.4. The fraction of sp³-hybridized carbons (Fsp3) is 0.462. The van der Waals surface area contributed by atoms with Gasteiger partial charge in [0, 0.05) is 25.2 Å². The number of benzene rings is 1. The molecule has 2 rings (SSSR count). The molecule has 0 spiro atoms. The number of hydrogen-bond acceptors (Lipinski definition) is 3. The number of carbonyl (C=O) groups is 1. The maximum absolute atomic E-state index is 11.5. The summed E-state index contributed by atoms with van der Waals surface area (Å²) >= 11 is 0. The third-order valence-corrected chi connectivity index (χ3v) is 3.22. The van der Waals surface area contributed by atoms with Crippen LogP contribution in [0.5, 0.6) is 0 Å². The van der Waals surface area contributed by atoms with Crippen molar-refractivity contribution in [1.82, 2.24) is 0 Å². The van der Waals surface area contributed by atoms with Gasteiger partial charge in [0.25, 0.3) is 0 Å². The van der Waals surface area contributed by atoms with Gasteiger partial charge in [0.2, 0.25) is 5.91 Å². The average molecular weight is 234 g/mol. The summed E-state index contributed by atoms with van der Waals surface area (Å²) in [7, 11) is 1.81. The van der Waals surface area contributed by atoms with Crippen LogP contribution in [0.1, 0.15) is 17.5 Å². The number of aliphatic hydroxyl groups is 1. The third-order valence-electron chi connectivity index (χ3n) is 3.22. The second kappa shape index (κ2) is 4.85. The first-order valence-corrected chi connectivity index (χ1v) is 5.86. The fourth-order valence-corrected chi connectivity index (χ4v) is 2.20. The maximum Gasteiger partial charge on any atom is 0.227 e. The monoisotopic (exact) mass is 234 g/mol. The Morgan fingerprint density at radius 3 is 2.94 bits per heavy atom. The predicted molar refractivity (Wildman–Crippen MR) is 66.9 cm³/mol. The number of hydrogen-bond donors (Lipinski definition) is 2. The molecule has 0 saturated heterocycles. The van der Waals surface area contributed by atoms with E-state index in [1.54, 1.807) is 11.9 Å². The molecule has 3 N–H and O–H groups in total. The highest BCUT2D eigenvalue weighted by Gasteiger charge is 2.20. The Hall–Kier alpha value is -1.39. The molecular weight excluding hydrogens is 216 g/mol. The lowest BCUT2D eigenvalue weighted by molar-refractivity contribution is -0.118. The standard InChI is InChI=1S/C13H18N2O2/c1-15-12-4-2-9(7-11(14)8-16)6-10(12)3-5-13(15)17/h2,4,6,11,16H,3,5,7-8,14H2,1H3. The molecule has 1 aromatic rings. The minimum Gasteiger partial charge on any atom is -0.395 e. The summed E-state index contributed by atoms with van der Waals surface area (Å²) in [5, 5.41) is 8.93. The maximum atomic E-state index is 11.5. The number of nitrogens with two attached hydrogens (primary N) is 1. The van der Waals surface area contributed by atoms with Crippen molar-refractivity contribution >= 4 is 11.6 Å². The van der Waals surface area contributed by atoms with Gasteiger partial charge in [0.15, 0.2) is 0 Å². The Balaban J connectivity index is 2.23. The van der Waals surface area contributed by atoms with Crippen molar-refractivity contribution in [2.24, 2.45) is 5.73 Å². The van der Waals surface area contributed by atoms with Gasteiger partial charge in [-0.2, -0.15) is 0 Å². The van der Waals surface area contributed by atoms with Crippen molar-refractivity contribution in [2.75, 3.05) is 18.6 Å². The first kappa shape index (κ1) is 12.1. The molecule has 4 nitrogen and oxygen atoms in total. The van der Waals surface area contributed by atoms with E-state index in [9.17, 15) is 4.79 Å². The number of carbonyl (C=O) groups excluding carboxylic acids is 1. The molecule has 1 unspecified atom stereocenters. The molecule has 1 aliphatic rings. The van der Waals surface area contributed by atoms with Crippen molar-refractivity contribution in [1.29, 1.82) is 0 Å². The third kappa shape index (κ3) is 2.48. The zero-order valence-corrected chi connectivity index (χ0v) is 10.0. The number of rotatable bonds is 3. The molecule has 0 saturated carbocycles. The molecule has 17 heavy (non-hydrogen) atoms. The topological polar surface area (TPSA) is 66.6 Å². The molecule has 4 heteroatoms.